The molecule has 3 aromatic carbocycles. The number of rotatable bonds is 10. The molecule has 1 aliphatic rings. The van der Waals surface area contributed by atoms with Crippen LogP contribution in [0.5, 0.6) is 0 Å². The number of para-hydroxylation sites is 1. The third-order valence-electron chi connectivity index (χ3n) is 8.38. The van der Waals surface area contributed by atoms with Gasteiger partial charge in [-0.2, -0.15) is 0 Å². The summed E-state index contributed by atoms with van der Waals surface area (Å²) in [6.45, 7) is 0.249. The van der Waals surface area contributed by atoms with Crippen LogP contribution in [0.1, 0.15) is 36.0 Å². The average Bonchev–Trinajstić information content (AvgIpc) is 3.47. The maximum atomic E-state index is 13.8. The van der Waals surface area contributed by atoms with E-state index in [1.165, 1.54) is 12.1 Å². The number of aromatic nitrogens is 1. The van der Waals surface area contributed by atoms with Crippen LogP contribution in [0.15, 0.2) is 97.2 Å². The highest BCUT2D eigenvalue weighted by Crippen LogP contribution is 2.22. The normalized spacial score (nSPS) is 19.8. The summed E-state index contributed by atoms with van der Waals surface area (Å²) < 4.78 is 19.3. The van der Waals surface area contributed by atoms with Crippen LogP contribution in [-0.2, 0) is 38.5 Å². The molecule has 240 valence electrons. The van der Waals surface area contributed by atoms with Gasteiger partial charge in [-0.15, -0.1) is 0 Å². The van der Waals surface area contributed by atoms with Crippen molar-refractivity contribution in [1.29, 1.82) is 0 Å². The molecule has 9 heteroatoms. The monoisotopic (exact) mass is 625 g/mol. The summed E-state index contributed by atoms with van der Waals surface area (Å²) in [4.78, 5) is 45.5. The van der Waals surface area contributed by atoms with E-state index in [0.717, 1.165) is 27.6 Å². The van der Waals surface area contributed by atoms with Crippen molar-refractivity contribution < 1.29 is 28.6 Å². The van der Waals surface area contributed by atoms with E-state index in [9.17, 15) is 23.9 Å². The lowest BCUT2D eigenvalue weighted by atomic mass is 9.93. The standard InChI is InChI=1S/C37H40FN3O5/c38-31-16-14-26(15-17-31)20-29-11-5-4-10-28(22-35(43)41(18-19-42)24-27-8-2-1-3-9-27)36(44)40-32(25-46-37(29)45)21-30-23-39-34-13-7-6-12-33(30)34/h1-9,12-17,23,28-29,32,39,42H,10-11,18-22,24-25H2,(H,40,44)/b5-4-/t28-,29-,32-/m0/s1. The van der Waals surface area contributed by atoms with Gasteiger partial charge in [0.2, 0.25) is 11.8 Å². The van der Waals surface area contributed by atoms with Gasteiger partial charge >= 0.3 is 5.97 Å². The zero-order chi connectivity index (χ0) is 32.3. The molecule has 0 saturated carbocycles. The van der Waals surface area contributed by atoms with E-state index in [-0.39, 0.29) is 49.8 Å². The molecule has 0 spiro atoms. The van der Waals surface area contributed by atoms with Gasteiger partial charge in [0.15, 0.2) is 0 Å². The number of fused-ring (bicyclic) bond motifs is 1. The van der Waals surface area contributed by atoms with Gasteiger partial charge < -0.3 is 25.0 Å². The number of cyclic esters (lactones) is 1. The summed E-state index contributed by atoms with van der Waals surface area (Å²) in [6.07, 6.45) is 7.00. The van der Waals surface area contributed by atoms with Gasteiger partial charge in [0, 0.05) is 36.6 Å². The first-order valence-corrected chi connectivity index (χ1v) is 15.7. The number of nitrogens with one attached hydrogen (secondary N) is 2. The third-order valence-corrected chi connectivity index (χ3v) is 8.38. The minimum atomic E-state index is -0.670. The van der Waals surface area contributed by atoms with Gasteiger partial charge in [0.25, 0.3) is 0 Å². The molecular weight excluding hydrogens is 585 g/mol. The molecule has 1 aliphatic heterocycles. The lowest BCUT2D eigenvalue weighted by Crippen LogP contribution is -2.45. The number of ether oxygens (including phenoxy) is 1. The van der Waals surface area contributed by atoms with Gasteiger partial charge in [-0.3, -0.25) is 14.4 Å². The fourth-order valence-corrected chi connectivity index (χ4v) is 5.87. The first-order chi connectivity index (χ1) is 22.4. The van der Waals surface area contributed by atoms with Crippen molar-refractivity contribution >= 4 is 28.7 Å². The van der Waals surface area contributed by atoms with E-state index in [4.69, 9.17) is 4.74 Å². The minimum Gasteiger partial charge on any atom is -0.463 e. The number of hydrogen-bond donors (Lipinski definition) is 3. The minimum absolute atomic E-state index is 0.0401. The second-order valence-electron chi connectivity index (χ2n) is 11.8. The van der Waals surface area contributed by atoms with Crippen LogP contribution in [0.2, 0.25) is 0 Å². The molecule has 0 unspecified atom stereocenters. The summed E-state index contributed by atoms with van der Waals surface area (Å²) in [7, 11) is 0. The molecule has 4 aromatic rings. The SMILES string of the molecule is O=C1N[C@@H](Cc2c[nH]c3ccccc23)COC(=O)[C@H](Cc2ccc(F)cc2)C/C=C\C[C@H]1CC(=O)N(CCO)Cc1ccccc1. The Morgan fingerprint density at radius 2 is 1.61 bits per heavy atom. The van der Waals surface area contributed by atoms with Gasteiger partial charge in [-0.05, 0) is 60.6 Å². The Labute approximate surface area is 268 Å². The smallest absolute Gasteiger partial charge is 0.309 e. The number of nitrogens with zero attached hydrogens (tertiary/aromatic N) is 1. The van der Waals surface area contributed by atoms with Crippen LogP contribution in [0.4, 0.5) is 4.39 Å². The molecule has 8 nitrogen and oxygen atoms in total. The molecule has 3 atom stereocenters. The molecule has 2 amide bonds. The lowest BCUT2D eigenvalue weighted by Gasteiger charge is -2.26. The Morgan fingerprint density at radius 1 is 0.891 bits per heavy atom. The molecule has 5 rings (SSSR count). The van der Waals surface area contributed by atoms with Crippen LogP contribution < -0.4 is 5.32 Å². The van der Waals surface area contributed by atoms with E-state index in [1.54, 1.807) is 17.0 Å². The van der Waals surface area contributed by atoms with E-state index >= 15 is 0 Å². The van der Waals surface area contributed by atoms with E-state index in [1.807, 2.05) is 72.9 Å². The topological polar surface area (TPSA) is 112 Å². The number of carbonyl (C=O) groups is 3. The second-order valence-corrected chi connectivity index (χ2v) is 11.8. The van der Waals surface area contributed by atoms with E-state index < -0.39 is 17.9 Å². The van der Waals surface area contributed by atoms with Crippen molar-refractivity contribution in [3.8, 4) is 0 Å². The van der Waals surface area contributed by atoms with E-state index in [2.05, 4.69) is 10.3 Å². The number of H-pyrrole nitrogens is 1. The summed E-state index contributed by atoms with van der Waals surface area (Å²) in [5.74, 6) is -2.44. The van der Waals surface area contributed by atoms with Crippen LogP contribution >= 0.6 is 0 Å². The number of allylic oxidation sites excluding steroid dienone is 2. The highest BCUT2D eigenvalue weighted by molar-refractivity contribution is 5.87. The molecule has 0 fully saturated rings. The summed E-state index contributed by atoms with van der Waals surface area (Å²) in [5, 5.41) is 13.8. The number of carbonyl (C=O) groups excluding carboxylic acids is 3. The Bertz CT molecular complexity index is 1640. The highest BCUT2D eigenvalue weighted by atomic mass is 19.1. The predicted octanol–water partition coefficient (Wildman–Crippen LogP) is 5.11. The van der Waals surface area contributed by atoms with Crippen LogP contribution in [0.3, 0.4) is 0 Å². The van der Waals surface area contributed by atoms with Gasteiger partial charge in [0.1, 0.15) is 12.4 Å². The van der Waals surface area contributed by atoms with Crippen molar-refractivity contribution in [2.75, 3.05) is 19.8 Å². The number of hydrogen-bond acceptors (Lipinski definition) is 5. The zero-order valence-corrected chi connectivity index (χ0v) is 25.7. The first-order valence-electron chi connectivity index (χ1n) is 15.7. The van der Waals surface area contributed by atoms with Gasteiger partial charge in [-0.1, -0.05) is 72.8 Å². The Morgan fingerprint density at radius 3 is 2.37 bits per heavy atom. The molecule has 0 radical (unpaired) electrons. The highest BCUT2D eigenvalue weighted by Gasteiger charge is 2.29. The molecule has 46 heavy (non-hydrogen) atoms. The number of aromatic amines is 1. The Kier molecular flexibility index (Phi) is 11.3. The first kappa shape index (κ1) is 32.6. The van der Waals surface area contributed by atoms with E-state index in [0.29, 0.717) is 32.2 Å². The number of amides is 2. The number of benzene rings is 3. The summed E-state index contributed by atoms with van der Waals surface area (Å²) in [5.41, 5.74) is 3.68. The maximum Gasteiger partial charge on any atom is 0.309 e. The van der Waals surface area contributed by atoms with Crippen molar-refractivity contribution in [3.63, 3.8) is 0 Å². The second kappa shape index (κ2) is 16.0. The average molecular weight is 626 g/mol. The number of halogens is 1. The molecule has 2 heterocycles. The largest absolute Gasteiger partial charge is 0.463 e. The van der Waals surface area contributed by atoms with Crippen LogP contribution in [-0.4, -0.2) is 58.6 Å². The molecule has 3 N–H and O–H groups in total. The lowest BCUT2D eigenvalue weighted by molar-refractivity contribution is -0.150. The summed E-state index contributed by atoms with van der Waals surface area (Å²) in [6, 6.07) is 22.9. The molecule has 0 saturated heterocycles. The number of aliphatic hydroxyl groups is 1. The maximum absolute atomic E-state index is 13.8. The molecule has 0 aliphatic carbocycles. The number of esters is 1. The van der Waals surface area contributed by atoms with Crippen molar-refractivity contribution in [2.45, 2.75) is 44.7 Å². The molecular formula is C37H40FN3O5. The quantitative estimate of drug-likeness (QED) is 0.168. The predicted molar refractivity (Wildman–Crippen MR) is 174 cm³/mol. The van der Waals surface area contributed by atoms with Crippen molar-refractivity contribution in [1.82, 2.24) is 15.2 Å². The molecule has 0 bridgehead atoms. The van der Waals surface area contributed by atoms with Crippen molar-refractivity contribution in [2.24, 2.45) is 11.8 Å². The van der Waals surface area contributed by atoms with Crippen LogP contribution in [0, 0.1) is 17.7 Å². The Hall–Kier alpha value is -4.76. The third kappa shape index (κ3) is 8.91. The number of aliphatic hydroxyl groups excluding tert-OH is 1. The fourth-order valence-electron chi connectivity index (χ4n) is 5.87. The summed E-state index contributed by atoms with van der Waals surface area (Å²) >= 11 is 0. The fraction of sp³-hybridized carbons (Fsp3) is 0.324. The van der Waals surface area contributed by atoms with Gasteiger partial charge in [0.05, 0.1) is 24.5 Å². The van der Waals surface area contributed by atoms with Crippen LogP contribution in [0.25, 0.3) is 10.9 Å². The van der Waals surface area contributed by atoms with Gasteiger partial charge in [-0.25, -0.2) is 4.39 Å². The molecule has 1 aromatic heterocycles. The Balaban J connectivity index is 1.37. The van der Waals surface area contributed by atoms with Crippen molar-refractivity contribution in [3.05, 3.63) is 120 Å². The zero-order valence-electron chi connectivity index (χ0n) is 25.7.